The number of fused-ring (bicyclic) bond motifs is 1. The van der Waals surface area contributed by atoms with E-state index in [1.807, 2.05) is 5.94 Å². The first kappa shape index (κ1) is 18.0. The highest BCUT2D eigenvalue weighted by Gasteiger charge is 2.59. The van der Waals surface area contributed by atoms with Crippen LogP contribution >= 0.6 is 0 Å². The average Bonchev–Trinajstić information content (AvgIpc) is 2.59. The lowest BCUT2D eigenvalue weighted by Crippen LogP contribution is -2.66. The largest absolute Gasteiger partial charge is 0.496 e. The second kappa shape index (κ2) is 6.16. The minimum absolute atomic E-state index is 0.0869. The van der Waals surface area contributed by atoms with E-state index in [0.717, 1.165) is 0 Å². The van der Waals surface area contributed by atoms with E-state index >= 15 is 0 Å². The molecule has 3 atom stereocenters. The molecule has 2 N–H and O–H groups in total. The molecule has 1 aliphatic carbocycles. The molecular weight excluding hydrogens is 340 g/mol. The Morgan fingerprint density at radius 1 is 1.23 bits per heavy atom. The van der Waals surface area contributed by atoms with Crippen molar-refractivity contribution in [3.8, 4) is 11.8 Å². The van der Waals surface area contributed by atoms with E-state index in [0.29, 0.717) is 11.5 Å². The zero-order chi connectivity index (χ0) is 19.1. The van der Waals surface area contributed by atoms with Crippen LogP contribution in [0.4, 0.5) is 0 Å². The zero-order valence-electron chi connectivity index (χ0n) is 14.9. The molecule has 3 unspecified atom stereocenters. The van der Waals surface area contributed by atoms with Crippen LogP contribution in [0.2, 0.25) is 0 Å². The Balaban J connectivity index is 2.10. The van der Waals surface area contributed by atoms with Gasteiger partial charge in [0.05, 0.1) is 18.6 Å². The van der Waals surface area contributed by atoms with Gasteiger partial charge in [-0.1, -0.05) is 0 Å². The normalized spacial score (nSPS) is 29.5. The van der Waals surface area contributed by atoms with E-state index < -0.39 is 23.2 Å². The molecule has 0 aromatic carbocycles. The fourth-order valence-corrected chi connectivity index (χ4v) is 3.09. The van der Waals surface area contributed by atoms with Crippen molar-refractivity contribution in [2.75, 3.05) is 7.11 Å². The summed E-state index contributed by atoms with van der Waals surface area (Å²) in [6.07, 6.45) is 2.35. The predicted molar refractivity (Wildman–Crippen MR) is 89.8 cm³/mol. The lowest BCUT2D eigenvalue weighted by atomic mass is 9.70. The zero-order valence-corrected chi connectivity index (χ0v) is 14.9. The number of aromatic hydroxyl groups is 1. The highest BCUT2D eigenvalue weighted by molar-refractivity contribution is 5.64. The average molecular weight is 360 g/mol. The van der Waals surface area contributed by atoms with Crippen LogP contribution in [-0.2, 0) is 14.3 Å². The Kier molecular flexibility index (Phi) is 4.26. The number of aromatic nitrogens is 2. The molecule has 2 aliphatic rings. The van der Waals surface area contributed by atoms with Gasteiger partial charge in [0.25, 0.3) is 0 Å². The van der Waals surface area contributed by atoms with Gasteiger partial charge in [-0.3, -0.25) is 0 Å². The van der Waals surface area contributed by atoms with E-state index in [2.05, 4.69) is 10.2 Å². The van der Waals surface area contributed by atoms with Crippen LogP contribution in [0.1, 0.15) is 20.8 Å². The van der Waals surface area contributed by atoms with Crippen molar-refractivity contribution in [1.29, 1.82) is 0 Å². The van der Waals surface area contributed by atoms with Gasteiger partial charge in [0, 0.05) is 12.1 Å². The van der Waals surface area contributed by atoms with E-state index in [4.69, 9.17) is 14.2 Å². The summed E-state index contributed by atoms with van der Waals surface area (Å²) in [4.78, 5) is 11.6. The Hall–Kier alpha value is -2.83. The summed E-state index contributed by atoms with van der Waals surface area (Å²) in [6.45, 7) is 5.01. The molecule has 8 heteroatoms. The van der Waals surface area contributed by atoms with Gasteiger partial charge in [0.15, 0.2) is 0 Å². The molecule has 8 nitrogen and oxygen atoms in total. The Labute approximate surface area is 150 Å². The molecule has 138 valence electrons. The topological polar surface area (TPSA) is 111 Å². The fourth-order valence-electron chi connectivity index (χ4n) is 3.09. The molecule has 2 heterocycles. The molecule has 1 aromatic heterocycles. The number of ether oxygens (including phenoxy) is 3. The quantitative estimate of drug-likeness (QED) is 0.776. The maximum absolute atomic E-state index is 11.6. The van der Waals surface area contributed by atoms with E-state index in [1.54, 1.807) is 32.9 Å². The highest BCUT2D eigenvalue weighted by atomic mass is 16.6. The predicted octanol–water partition coefficient (Wildman–Crippen LogP) is 1.29. The minimum Gasteiger partial charge on any atom is -0.496 e. The van der Waals surface area contributed by atoms with Crippen LogP contribution in [0.3, 0.4) is 0 Å². The third kappa shape index (κ3) is 2.73. The lowest BCUT2D eigenvalue weighted by molar-refractivity contribution is -0.221. The number of methoxy groups -OCH3 is 1. The molecule has 0 radical (unpaired) electrons. The van der Waals surface area contributed by atoms with E-state index in [1.165, 1.54) is 19.2 Å². The minimum atomic E-state index is -1.51. The third-order valence-corrected chi connectivity index (χ3v) is 4.93. The SMILES string of the molecule is COC1=CC=C2OC(C)(C)C(C)(O)C(Oc3ccc(O)nn3)C2C1=C=O. The summed E-state index contributed by atoms with van der Waals surface area (Å²) in [6, 6.07) is 2.74. The van der Waals surface area contributed by atoms with Gasteiger partial charge in [-0.05, 0) is 32.9 Å². The number of hydrogen-bond acceptors (Lipinski definition) is 8. The summed E-state index contributed by atoms with van der Waals surface area (Å²) < 4.78 is 17.1. The first-order valence-corrected chi connectivity index (χ1v) is 8.03. The molecule has 3 rings (SSSR count). The first-order valence-electron chi connectivity index (χ1n) is 8.03. The van der Waals surface area contributed by atoms with Crippen LogP contribution < -0.4 is 4.74 Å². The maximum atomic E-state index is 11.6. The van der Waals surface area contributed by atoms with Crippen LogP contribution in [0, 0.1) is 5.92 Å². The molecule has 0 amide bonds. The highest BCUT2D eigenvalue weighted by Crippen LogP contribution is 2.48. The molecule has 1 aromatic rings. The summed E-state index contributed by atoms with van der Waals surface area (Å²) in [5, 5.41) is 27.8. The van der Waals surface area contributed by atoms with Crippen molar-refractivity contribution in [3.05, 3.63) is 41.4 Å². The van der Waals surface area contributed by atoms with Gasteiger partial charge in [0.2, 0.25) is 11.8 Å². The van der Waals surface area contributed by atoms with Gasteiger partial charge in [-0.2, -0.15) is 0 Å². The van der Waals surface area contributed by atoms with Gasteiger partial charge >= 0.3 is 0 Å². The smallest absolute Gasteiger partial charge is 0.234 e. The molecule has 26 heavy (non-hydrogen) atoms. The van der Waals surface area contributed by atoms with Gasteiger partial charge in [-0.25, -0.2) is 4.79 Å². The van der Waals surface area contributed by atoms with E-state index in [-0.39, 0.29) is 17.3 Å². The number of allylic oxidation sites excluding steroid dienone is 3. The summed E-state index contributed by atoms with van der Waals surface area (Å²) in [5.41, 5.74) is -2.35. The molecule has 0 bridgehead atoms. The summed E-state index contributed by atoms with van der Waals surface area (Å²) in [7, 11) is 1.44. The molecule has 1 saturated heterocycles. The molecular formula is C18H20N2O6. The summed E-state index contributed by atoms with van der Waals surface area (Å²) >= 11 is 0. The summed E-state index contributed by atoms with van der Waals surface area (Å²) in [5.74, 6) is 1.74. The Morgan fingerprint density at radius 2 is 1.96 bits per heavy atom. The molecule has 1 aliphatic heterocycles. The number of nitrogens with zero attached hydrogens (tertiary/aromatic N) is 2. The van der Waals surface area contributed by atoms with Crippen molar-refractivity contribution in [1.82, 2.24) is 10.2 Å². The van der Waals surface area contributed by atoms with E-state index in [9.17, 15) is 15.0 Å². The molecule has 0 spiro atoms. The second-order valence-corrected chi connectivity index (χ2v) is 6.83. The van der Waals surface area contributed by atoms with Gasteiger partial charge < -0.3 is 24.4 Å². The van der Waals surface area contributed by atoms with Crippen molar-refractivity contribution < 1.29 is 29.2 Å². The Bertz CT molecular complexity index is 819. The van der Waals surface area contributed by atoms with Crippen molar-refractivity contribution >= 4 is 5.94 Å². The van der Waals surface area contributed by atoms with Crippen LogP contribution in [0.25, 0.3) is 0 Å². The lowest BCUT2D eigenvalue weighted by Gasteiger charge is -2.52. The van der Waals surface area contributed by atoms with Crippen LogP contribution in [0.15, 0.2) is 41.4 Å². The number of carbonyl (C=O) groups excluding carboxylic acids is 1. The Morgan fingerprint density at radius 3 is 2.54 bits per heavy atom. The maximum Gasteiger partial charge on any atom is 0.234 e. The number of hydrogen-bond donors (Lipinski definition) is 2. The molecule has 1 fully saturated rings. The van der Waals surface area contributed by atoms with Gasteiger partial charge in [0.1, 0.15) is 34.8 Å². The fraction of sp³-hybridized carbons (Fsp3) is 0.444. The van der Waals surface area contributed by atoms with Gasteiger partial charge in [-0.15, -0.1) is 10.2 Å². The molecule has 0 saturated carbocycles. The van der Waals surface area contributed by atoms with Crippen molar-refractivity contribution in [2.24, 2.45) is 5.92 Å². The van der Waals surface area contributed by atoms with Crippen LogP contribution in [0.5, 0.6) is 11.8 Å². The number of rotatable bonds is 3. The first-order chi connectivity index (χ1) is 12.2. The number of aliphatic hydroxyl groups is 1. The van der Waals surface area contributed by atoms with Crippen LogP contribution in [-0.4, -0.2) is 50.8 Å². The van der Waals surface area contributed by atoms with Crippen molar-refractivity contribution in [3.63, 3.8) is 0 Å². The monoisotopic (exact) mass is 360 g/mol. The standard InChI is InChI=1S/C18H20N2O6/c1-17(2)18(3,23)16(25-14-8-7-13(22)19-20-14)15-10(9-21)11(24-4)5-6-12(15)26-17/h5-8,15-16,23H,1-4H3,(H,19,22). The second-order valence-electron chi connectivity index (χ2n) is 6.83. The third-order valence-electron chi connectivity index (χ3n) is 4.93. The van der Waals surface area contributed by atoms with Crippen molar-refractivity contribution in [2.45, 2.75) is 38.1 Å².